The maximum absolute atomic E-state index is 10.8. The summed E-state index contributed by atoms with van der Waals surface area (Å²) in [5, 5.41) is 14.7. The standard InChI is InChI=1S/C12H17ClN2O/c1-8-5-14-6-9(2)12(8,16)11-4-3-10(13)7-15-11/h3-4,7-9,14,16H,5-6H2,1-2H3/t8-,9+,12+. The summed E-state index contributed by atoms with van der Waals surface area (Å²) in [4.78, 5) is 4.26. The number of pyridine rings is 1. The van der Waals surface area contributed by atoms with E-state index in [1.165, 1.54) is 0 Å². The van der Waals surface area contributed by atoms with Gasteiger partial charge in [0.1, 0.15) is 5.60 Å². The van der Waals surface area contributed by atoms with Crippen LogP contribution in [0.15, 0.2) is 18.3 Å². The molecule has 16 heavy (non-hydrogen) atoms. The lowest BCUT2D eigenvalue weighted by molar-refractivity contribution is -0.0840. The molecule has 0 aromatic carbocycles. The van der Waals surface area contributed by atoms with Crippen LogP contribution in [-0.2, 0) is 5.60 Å². The molecule has 2 heterocycles. The summed E-state index contributed by atoms with van der Waals surface area (Å²) in [6.07, 6.45) is 1.59. The Morgan fingerprint density at radius 1 is 1.38 bits per heavy atom. The number of hydrogen-bond donors (Lipinski definition) is 2. The van der Waals surface area contributed by atoms with Crippen molar-refractivity contribution in [3.63, 3.8) is 0 Å². The van der Waals surface area contributed by atoms with Gasteiger partial charge in [-0.2, -0.15) is 0 Å². The molecule has 1 aliphatic heterocycles. The van der Waals surface area contributed by atoms with E-state index in [1.54, 1.807) is 12.3 Å². The van der Waals surface area contributed by atoms with Gasteiger partial charge < -0.3 is 10.4 Å². The lowest BCUT2D eigenvalue weighted by atomic mass is 9.73. The highest BCUT2D eigenvalue weighted by molar-refractivity contribution is 6.30. The third-order valence-electron chi connectivity index (χ3n) is 3.54. The fraction of sp³-hybridized carbons (Fsp3) is 0.583. The van der Waals surface area contributed by atoms with Crippen LogP contribution in [0.25, 0.3) is 0 Å². The third kappa shape index (κ3) is 1.83. The molecule has 1 aromatic heterocycles. The Bertz CT molecular complexity index is 356. The zero-order valence-corrected chi connectivity index (χ0v) is 10.3. The number of aliphatic hydroxyl groups is 1. The fourth-order valence-electron chi connectivity index (χ4n) is 2.43. The van der Waals surface area contributed by atoms with Gasteiger partial charge in [0.25, 0.3) is 0 Å². The summed E-state index contributed by atoms with van der Waals surface area (Å²) in [6, 6.07) is 3.60. The number of rotatable bonds is 1. The van der Waals surface area contributed by atoms with E-state index in [2.05, 4.69) is 10.3 Å². The van der Waals surface area contributed by atoms with Gasteiger partial charge in [-0.15, -0.1) is 0 Å². The first-order valence-corrected chi connectivity index (χ1v) is 5.98. The van der Waals surface area contributed by atoms with E-state index in [0.29, 0.717) is 5.02 Å². The van der Waals surface area contributed by atoms with Gasteiger partial charge in [0.2, 0.25) is 0 Å². The lowest BCUT2D eigenvalue weighted by Gasteiger charge is -2.43. The summed E-state index contributed by atoms with van der Waals surface area (Å²) < 4.78 is 0. The molecule has 88 valence electrons. The Balaban J connectivity index is 2.38. The zero-order valence-electron chi connectivity index (χ0n) is 9.57. The molecule has 0 aliphatic carbocycles. The Kier molecular flexibility index (Phi) is 3.19. The van der Waals surface area contributed by atoms with Crippen molar-refractivity contribution in [2.45, 2.75) is 19.4 Å². The monoisotopic (exact) mass is 240 g/mol. The second-order valence-corrected chi connectivity index (χ2v) is 5.08. The first-order chi connectivity index (χ1) is 7.55. The van der Waals surface area contributed by atoms with Crippen LogP contribution < -0.4 is 5.32 Å². The highest BCUT2D eigenvalue weighted by Gasteiger charge is 2.44. The molecule has 1 aliphatic rings. The van der Waals surface area contributed by atoms with Crippen molar-refractivity contribution in [3.05, 3.63) is 29.0 Å². The molecule has 0 bridgehead atoms. The topological polar surface area (TPSA) is 45.1 Å². The van der Waals surface area contributed by atoms with Crippen molar-refractivity contribution in [2.75, 3.05) is 13.1 Å². The molecule has 4 heteroatoms. The molecule has 2 rings (SSSR count). The van der Waals surface area contributed by atoms with Crippen LogP contribution in [0.3, 0.4) is 0 Å². The van der Waals surface area contributed by atoms with Crippen LogP contribution >= 0.6 is 11.6 Å². The van der Waals surface area contributed by atoms with Gasteiger partial charge in [-0.1, -0.05) is 25.4 Å². The Morgan fingerprint density at radius 2 is 2.00 bits per heavy atom. The molecule has 1 aromatic rings. The molecule has 0 saturated carbocycles. The minimum absolute atomic E-state index is 0.143. The number of halogens is 1. The summed E-state index contributed by atoms with van der Waals surface area (Å²) in [5.41, 5.74) is -0.131. The van der Waals surface area contributed by atoms with Crippen molar-refractivity contribution in [1.29, 1.82) is 0 Å². The van der Waals surface area contributed by atoms with Gasteiger partial charge in [-0.3, -0.25) is 4.98 Å². The largest absolute Gasteiger partial charge is 0.383 e. The van der Waals surface area contributed by atoms with E-state index < -0.39 is 5.60 Å². The van der Waals surface area contributed by atoms with Crippen molar-refractivity contribution < 1.29 is 5.11 Å². The molecule has 3 atom stereocenters. The molecule has 0 unspecified atom stereocenters. The minimum atomic E-state index is -0.851. The van der Waals surface area contributed by atoms with Crippen molar-refractivity contribution in [1.82, 2.24) is 10.3 Å². The smallest absolute Gasteiger partial charge is 0.114 e. The highest BCUT2D eigenvalue weighted by atomic mass is 35.5. The summed E-state index contributed by atoms with van der Waals surface area (Å²) >= 11 is 5.81. The Labute approximate surface area is 101 Å². The summed E-state index contributed by atoms with van der Waals surface area (Å²) in [5.74, 6) is 0.287. The first kappa shape index (κ1) is 11.8. The molecule has 1 saturated heterocycles. The first-order valence-electron chi connectivity index (χ1n) is 5.60. The number of piperidine rings is 1. The minimum Gasteiger partial charge on any atom is -0.383 e. The summed E-state index contributed by atoms with van der Waals surface area (Å²) in [7, 11) is 0. The number of nitrogens with zero attached hydrogens (tertiary/aromatic N) is 1. The van der Waals surface area contributed by atoms with Crippen LogP contribution in [-0.4, -0.2) is 23.2 Å². The molecular formula is C12H17ClN2O. The molecule has 2 N–H and O–H groups in total. The SMILES string of the molecule is C[C@@H]1CNC[C@H](C)[C@]1(O)c1ccc(Cl)cn1. The van der Waals surface area contributed by atoms with Gasteiger partial charge in [0.15, 0.2) is 0 Å². The maximum atomic E-state index is 10.8. The average Bonchev–Trinajstić information content (AvgIpc) is 2.27. The summed E-state index contributed by atoms with van der Waals surface area (Å²) in [6.45, 7) is 5.70. The molecule has 0 amide bonds. The van der Waals surface area contributed by atoms with Crippen molar-refractivity contribution in [3.8, 4) is 0 Å². The lowest BCUT2D eigenvalue weighted by Crippen LogP contribution is -2.53. The van der Waals surface area contributed by atoms with Gasteiger partial charge in [0, 0.05) is 31.1 Å². The van der Waals surface area contributed by atoms with E-state index in [9.17, 15) is 5.11 Å². The van der Waals surface area contributed by atoms with E-state index in [-0.39, 0.29) is 11.8 Å². The predicted molar refractivity (Wildman–Crippen MR) is 64.3 cm³/mol. The number of hydrogen-bond acceptors (Lipinski definition) is 3. The number of nitrogens with one attached hydrogen (secondary N) is 1. The quantitative estimate of drug-likeness (QED) is 0.787. The van der Waals surface area contributed by atoms with Crippen LogP contribution in [0.4, 0.5) is 0 Å². The van der Waals surface area contributed by atoms with Crippen LogP contribution in [0.2, 0.25) is 5.02 Å². The van der Waals surface area contributed by atoms with Crippen LogP contribution in [0.1, 0.15) is 19.5 Å². The second-order valence-electron chi connectivity index (χ2n) is 4.65. The third-order valence-corrected chi connectivity index (χ3v) is 3.76. The van der Waals surface area contributed by atoms with E-state index in [4.69, 9.17) is 11.6 Å². The Hall–Kier alpha value is -0.640. The van der Waals surface area contributed by atoms with Gasteiger partial charge in [-0.25, -0.2) is 0 Å². The van der Waals surface area contributed by atoms with Gasteiger partial charge in [0.05, 0.1) is 10.7 Å². The van der Waals surface area contributed by atoms with Gasteiger partial charge in [-0.05, 0) is 12.1 Å². The molecule has 3 nitrogen and oxygen atoms in total. The van der Waals surface area contributed by atoms with E-state index >= 15 is 0 Å². The molecular weight excluding hydrogens is 224 g/mol. The molecule has 0 spiro atoms. The zero-order chi connectivity index (χ0) is 11.8. The second kappa shape index (κ2) is 4.32. The van der Waals surface area contributed by atoms with E-state index in [0.717, 1.165) is 18.8 Å². The fourth-order valence-corrected chi connectivity index (χ4v) is 2.54. The normalized spacial score (nSPS) is 35.0. The molecule has 0 radical (unpaired) electrons. The van der Waals surface area contributed by atoms with Gasteiger partial charge >= 0.3 is 0 Å². The van der Waals surface area contributed by atoms with Crippen molar-refractivity contribution in [2.24, 2.45) is 11.8 Å². The van der Waals surface area contributed by atoms with Crippen molar-refractivity contribution >= 4 is 11.6 Å². The number of aromatic nitrogens is 1. The van der Waals surface area contributed by atoms with E-state index in [1.807, 2.05) is 19.9 Å². The predicted octanol–water partition coefficient (Wildman–Crippen LogP) is 1.80. The van der Waals surface area contributed by atoms with Crippen LogP contribution in [0, 0.1) is 11.8 Å². The maximum Gasteiger partial charge on any atom is 0.114 e. The van der Waals surface area contributed by atoms with Crippen LogP contribution in [0.5, 0.6) is 0 Å². The average molecular weight is 241 g/mol. The molecule has 1 fully saturated rings. The Morgan fingerprint density at radius 3 is 2.50 bits per heavy atom. The highest BCUT2D eigenvalue weighted by Crippen LogP contribution is 2.37.